The summed E-state index contributed by atoms with van der Waals surface area (Å²) in [7, 11) is -12.0. The minimum absolute atomic E-state index is 8.61. The Hall–Kier alpha value is -0.760. The average molecular weight is 426 g/mol. The molecule has 1 unspecified atom stereocenters. The van der Waals surface area contributed by atoms with Gasteiger partial charge in [-0.1, -0.05) is 0 Å². The van der Waals surface area contributed by atoms with Gasteiger partial charge in [-0.25, -0.2) is 0 Å². The van der Waals surface area contributed by atoms with E-state index in [9.17, 15) is 73.9 Å². The van der Waals surface area contributed by atoms with Crippen molar-refractivity contribution in [3.63, 3.8) is 0 Å². The van der Waals surface area contributed by atoms with E-state index in [0.717, 1.165) is 0 Å². The normalized spacial score (nSPS) is 20.3. The van der Waals surface area contributed by atoms with E-state index in [1.807, 2.05) is 0 Å². The summed E-state index contributed by atoms with van der Waals surface area (Å²) < 4.78 is 209. The molecule has 148 valence electrons. The molecule has 0 heterocycles. The number of halogens is 17. The molecule has 0 aromatic carbocycles. The summed E-state index contributed by atoms with van der Waals surface area (Å²) in [6.07, 6.45) is -34.5. The average Bonchev–Trinajstić information content (AvgIpc) is 2.04. The van der Waals surface area contributed by atoms with Crippen LogP contribution in [0, 0.1) is 5.41 Å². The first-order valence-electron chi connectivity index (χ1n) is 4.61. The quantitative estimate of drug-likeness (QED) is 0.330. The molecular weight excluding hydrogens is 426 g/mol. The van der Waals surface area contributed by atoms with Gasteiger partial charge >= 0.3 is 117 Å². The third kappa shape index (κ3) is 2.75. The van der Waals surface area contributed by atoms with Crippen molar-refractivity contribution in [1.82, 2.24) is 0 Å². The number of alkyl halides is 13. The van der Waals surface area contributed by atoms with Crippen molar-refractivity contribution in [2.75, 3.05) is 0 Å². The third-order valence-corrected chi connectivity index (χ3v) is 4.13. The zero-order valence-electron chi connectivity index (χ0n) is 9.87. The zero-order chi connectivity index (χ0) is 20.4. The molecule has 0 N–H and O–H groups in total. The molecule has 0 saturated heterocycles. The summed E-state index contributed by atoms with van der Waals surface area (Å²) in [5.41, 5.74) is -9.14. The Bertz CT molecular complexity index is 434. The van der Waals surface area contributed by atoms with Crippen LogP contribution < -0.4 is 0 Å². The van der Waals surface area contributed by atoms with Gasteiger partial charge in [0.1, 0.15) is 0 Å². The van der Waals surface area contributed by atoms with Crippen LogP contribution in [0.2, 0.25) is 0 Å². The molecule has 0 radical (unpaired) electrons. The van der Waals surface area contributed by atoms with E-state index >= 15 is 0 Å². The second-order valence-electron chi connectivity index (χ2n) is 4.08. The van der Waals surface area contributed by atoms with Crippen molar-refractivity contribution >= 4 is 7.85 Å². The van der Waals surface area contributed by atoms with Crippen LogP contribution in [0.4, 0.5) is 73.9 Å². The SMILES string of the molecule is FC(F)(F)C(C(F)(F)F)(C(F)(F)F)C(F)(C(F)(F)F)P(F)(F)(F)F. The molecule has 0 nitrogen and oxygen atoms in total. The van der Waals surface area contributed by atoms with Crippen LogP contribution in [0.1, 0.15) is 0 Å². The zero-order valence-corrected chi connectivity index (χ0v) is 10.8. The van der Waals surface area contributed by atoms with E-state index in [2.05, 4.69) is 0 Å². The predicted octanol–water partition coefficient (Wildman–Crippen LogP) is 6.98. The fourth-order valence-electron chi connectivity index (χ4n) is 1.70. The monoisotopic (exact) mass is 426 g/mol. The van der Waals surface area contributed by atoms with E-state index in [4.69, 9.17) is 0 Å². The molecule has 0 amide bonds. The van der Waals surface area contributed by atoms with Crippen LogP contribution in [-0.4, -0.2) is 30.1 Å². The second-order valence-corrected chi connectivity index (χ2v) is 6.14. The maximum atomic E-state index is 13.3. The minimum atomic E-state index is -12.0. The third-order valence-electron chi connectivity index (χ3n) is 2.61. The van der Waals surface area contributed by atoms with Crippen molar-refractivity contribution in [3.8, 4) is 0 Å². The predicted molar refractivity (Wildman–Crippen MR) is 41.8 cm³/mol. The fraction of sp³-hybridized carbons (Fsp3) is 1.00. The Morgan fingerprint density at radius 1 is 0.375 bits per heavy atom. The van der Waals surface area contributed by atoms with Crippen molar-refractivity contribution in [2.24, 2.45) is 5.41 Å². The molecule has 24 heavy (non-hydrogen) atoms. The summed E-state index contributed by atoms with van der Waals surface area (Å²) in [5, 5.41) is -9.33. The molecule has 0 aliphatic heterocycles. The Labute approximate surface area is 119 Å². The van der Waals surface area contributed by atoms with Crippen molar-refractivity contribution < 1.29 is 73.9 Å². The molecular formula is C6F17P. The Morgan fingerprint density at radius 2 is 0.583 bits per heavy atom. The van der Waals surface area contributed by atoms with Gasteiger partial charge in [0.25, 0.3) is 0 Å². The van der Waals surface area contributed by atoms with Crippen LogP contribution in [0.25, 0.3) is 0 Å². The molecule has 1 atom stereocenters. The van der Waals surface area contributed by atoms with Crippen LogP contribution in [0.5, 0.6) is 0 Å². The first-order valence-corrected chi connectivity index (χ1v) is 6.41. The van der Waals surface area contributed by atoms with E-state index in [1.54, 1.807) is 0 Å². The van der Waals surface area contributed by atoms with Crippen molar-refractivity contribution in [3.05, 3.63) is 0 Å². The Balaban J connectivity index is 7.72. The number of rotatable bonds is 2. The molecule has 0 saturated carbocycles. The molecule has 0 aliphatic rings. The van der Waals surface area contributed by atoms with E-state index in [-0.39, 0.29) is 0 Å². The van der Waals surface area contributed by atoms with Crippen LogP contribution in [0.3, 0.4) is 0 Å². The summed E-state index contributed by atoms with van der Waals surface area (Å²) in [6, 6.07) is 0. The van der Waals surface area contributed by atoms with E-state index in [0.29, 0.717) is 0 Å². The summed E-state index contributed by atoms with van der Waals surface area (Å²) in [5.74, 6) is 0. The van der Waals surface area contributed by atoms with Gasteiger partial charge in [0.15, 0.2) is 0 Å². The standard InChI is InChI=1S/C6F17P/c7-2(6(17,18)19,24(20,21,22)23)1(3(8,9)10,4(11,12)13)5(14,15)16. The van der Waals surface area contributed by atoms with E-state index in [1.165, 1.54) is 0 Å². The fourth-order valence-corrected chi connectivity index (χ4v) is 2.97. The topological polar surface area (TPSA) is 0 Å². The molecule has 0 aromatic rings. The molecule has 0 fully saturated rings. The van der Waals surface area contributed by atoms with Crippen LogP contribution in [-0.2, 0) is 0 Å². The molecule has 0 aliphatic carbocycles. The molecule has 0 bridgehead atoms. The van der Waals surface area contributed by atoms with Gasteiger partial charge in [-0.2, -0.15) is 0 Å². The Kier molecular flexibility index (Phi) is 4.75. The van der Waals surface area contributed by atoms with Gasteiger partial charge < -0.3 is 0 Å². The Morgan fingerprint density at radius 3 is 0.625 bits per heavy atom. The molecule has 0 rings (SSSR count). The van der Waals surface area contributed by atoms with Crippen LogP contribution in [0.15, 0.2) is 0 Å². The first-order chi connectivity index (χ1) is 9.76. The van der Waals surface area contributed by atoms with Gasteiger partial charge in [-0.15, -0.1) is 0 Å². The number of hydrogen-bond donors (Lipinski definition) is 0. The van der Waals surface area contributed by atoms with Gasteiger partial charge in [0.05, 0.1) is 0 Å². The maximum absolute atomic E-state index is 13.3. The summed E-state index contributed by atoms with van der Waals surface area (Å²) in [4.78, 5) is 0. The van der Waals surface area contributed by atoms with Crippen molar-refractivity contribution in [2.45, 2.75) is 30.1 Å². The van der Waals surface area contributed by atoms with Crippen LogP contribution >= 0.6 is 7.85 Å². The molecule has 0 spiro atoms. The number of hydrogen-bond acceptors (Lipinski definition) is 0. The van der Waals surface area contributed by atoms with Gasteiger partial charge in [0.2, 0.25) is 0 Å². The van der Waals surface area contributed by atoms with E-state index < -0.39 is 43.4 Å². The molecule has 0 aromatic heterocycles. The summed E-state index contributed by atoms with van der Waals surface area (Å²) >= 11 is 0. The summed E-state index contributed by atoms with van der Waals surface area (Å²) in [6.45, 7) is 0. The first kappa shape index (κ1) is 23.2. The van der Waals surface area contributed by atoms with Gasteiger partial charge in [-0.3, -0.25) is 0 Å². The van der Waals surface area contributed by atoms with Crippen molar-refractivity contribution in [1.29, 1.82) is 0 Å². The van der Waals surface area contributed by atoms with Gasteiger partial charge in [-0.05, 0) is 0 Å². The van der Waals surface area contributed by atoms with Gasteiger partial charge in [0, 0.05) is 0 Å². The second kappa shape index (κ2) is 4.90. The molecule has 18 heteroatoms.